The molecule has 2 aromatic heterocycles. The second kappa shape index (κ2) is 3.81. The highest BCUT2D eigenvalue weighted by Gasteiger charge is 2.01. The lowest BCUT2D eigenvalue weighted by atomic mass is 10.3. The van der Waals surface area contributed by atoms with Gasteiger partial charge >= 0.3 is 0 Å². The Morgan fingerprint density at radius 3 is 2.77 bits per heavy atom. The van der Waals surface area contributed by atoms with E-state index in [1.807, 2.05) is 12.1 Å². The lowest BCUT2D eigenvalue weighted by molar-refractivity contribution is 0.977. The molecular weight excluding hydrogens is 206 g/mol. The average Bonchev–Trinajstić information content (AvgIpc) is 2.71. The molecule has 0 saturated carbocycles. The van der Waals surface area contributed by atoms with Crippen LogP contribution >= 0.6 is 22.9 Å². The Balaban J connectivity index is 2.33. The number of nitrogens with zero attached hydrogens (tertiary/aromatic N) is 3. The number of aromatic nitrogens is 3. The van der Waals surface area contributed by atoms with E-state index in [4.69, 9.17) is 11.6 Å². The van der Waals surface area contributed by atoms with Gasteiger partial charge in [0.1, 0.15) is 5.69 Å². The van der Waals surface area contributed by atoms with Gasteiger partial charge in [0, 0.05) is 6.20 Å². The molecular formula is C8H6ClN3S. The fourth-order valence-corrected chi connectivity index (χ4v) is 1.63. The standard InChI is InChI=1S/C8H6ClN3S/c9-3-6-1-2-7(12-11-6)8-4-10-5-13-8/h1-2,4-5H,3H2. The molecule has 0 saturated heterocycles. The van der Waals surface area contributed by atoms with E-state index in [9.17, 15) is 0 Å². The van der Waals surface area contributed by atoms with Crippen molar-refractivity contribution in [3.63, 3.8) is 0 Å². The van der Waals surface area contributed by atoms with Gasteiger partial charge in [-0.3, -0.25) is 4.98 Å². The minimum absolute atomic E-state index is 0.399. The van der Waals surface area contributed by atoms with E-state index in [0.29, 0.717) is 5.88 Å². The summed E-state index contributed by atoms with van der Waals surface area (Å²) in [6, 6.07) is 3.77. The molecule has 0 spiro atoms. The molecule has 0 bridgehead atoms. The van der Waals surface area contributed by atoms with E-state index >= 15 is 0 Å². The van der Waals surface area contributed by atoms with Crippen molar-refractivity contribution in [3.05, 3.63) is 29.5 Å². The zero-order chi connectivity index (χ0) is 9.10. The summed E-state index contributed by atoms with van der Waals surface area (Å²) in [6.45, 7) is 0. The molecule has 2 rings (SSSR count). The normalized spacial score (nSPS) is 10.2. The lowest BCUT2D eigenvalue weighted by Crippen LogP contribution is -1.90. The molecule has 5 heteroatoms. The smallest absolute Gasteiger partial charge is 0.105 e. The average molecular weight is 212 g/mol. The monoisotopic (exact) mass is 211 g/mol. The van der Waals surface area contributed by atoms with Crippen molar-refractivity contribution in [2.45, 2.75) is 5.88 Å². The SMILES string of the molecule is ClCc1ccc(-c2cncs2)nn1. The molecule has 2 aromatic rings. The number of rotatable bonds is 2. The second-order valence-electron chi connectivity index (χ2n) is 2.41. The third-order valence-corrected chi connectivity index (χ3v) is 2.61. The highest BCUT2D eigenvalue weighted by Crippen LogP contribution is 2.19. The topological polar surface area (TPSA) is 38.7 Å². The van der Waals surface area contributed by atoms with E-state index in [1.165, 1.54) is 0 Å². The highest BCUT2D eigenvalue weighted by atomic mass is 35.5. The fraction of sp³-hybridized carbons (Fsp3) is 0.125. The molecule has 0 radical (unpaired) electrons. The predicted octanol–water partition coefficient (Wildman–Crippen LogP) is 2.34. The van der Waals surface area contributed by atoms with Crippen LogP contribution in [0.15, 0.2) is 23.8 Å². The Kier molecular flexibility index (Phi) is 2.52. The minimum atomic E-state index is 0.399. The fourth-order valence-electron chi connectivity index (χ4n) is 0.905. The summed E-state index contributed by atoms with van der Waals surface area (Å²) in [5, 5.41) is 7.98. The Morgan fingerprint density at radius 2 is 2.23 bits per heavy atom. The summed E-state index contributed by atoms with van der Waals surface area (Å²) >= 11 is 7.13. The number of halogens is 1. The molecule has 0 unspecified atom stereocenters. The minimum Gasteiger partial charge on any atom is -0.252 e. The summed E-state index contributed by atoms with van der Waals surface area (Å²) in [7, 11) is 0. The van der Waals surface area contributed by atoms with Crippen LogP contribution in [0.4, 0.5) is 0 Å². The maximum absolute atomic E-state index is 5.59. The molecule has 0 fully saturated rings. The quantitative estimate of drug-likeness (QED) is 0.716. The van der Waals surface area contributed by atoms with Gasteiger partial charge in [-0.25, -0.2) is 0 Å². The molecule has 0 atom stereocenters. The molecule has 0 aromatic carbocycles. The molecule has 13 heavy (non-hydrogen) atoms. The van der Waals surface area contributed by atoms with Crippen LogP contribution in [0.3, 0.4) is 0 Å². The van der Waals surface area contributed by atoms with Gasteiger partial charge in [-0.05, 0) is 12.1 Å². The Bertz CT molecular complexity index is 371. The van der Waals surface area contributed by atoms with Crippen LogP contribution in [0.25, 0.3) is 10.6 Å². The Hall–Kier alpha value is -1.00. The molecule has 3 nitrogen and oxygen atoms in total. The van der Waals surface area contributed by atoms with Gasteiger partial charge in [0.05, 0.1) is 22.0 Å². The first-order chi connectivity index (χ1) is 6.40. The first-order valence-electron chi connectivity index (χ1n) is 3.67. The van der Waals surface area contributed by atoms with Gasteiger partial charge in [-0.2, -0.15) is 5.10 Å². The first kappa shape index (κ1) is 8.59. The van der Waals surface area contributed by atoms with E-state index < -0.39 is 0 Å². The zero-order valence-electron chi connectivity index (χ0n) is 6.64. The van der Waals surface area contributed by atoms with Crippen LogP contribution in [0.1, 0.15) is 5.69 Å². The van der Waals surface area contributed by atoms with Crippen molar-refractivity contribution in [3.8, 4) is 10.6 Å². The van der Waals surface area contributed by atoms with Gasteiger partial charge in [0.2, 0.25) is 0 Å². The van der Waals surface area contributed by atoms with Gasteiger partial charge < -0.3 is 0 Å². The number of hydrogen-bond donors (Lipinski definition) is 0. The van der Waals surface area contributed by atoms with E-state index in [2.05, 4.69) is 15.2 Å². The van der Waals surface area contributed by atoms with Crippen LogP contribution in [-0.4, -0.2) is 15.2 Å². The maximum atomic E-state index is 5.59. The van der Waals surface area contributed by atoms with Crippen LogP contribution in [-0.2, 0) is 5.88 Å². The van der Waals surface area contributed by atoms with E-state index in [0.717, 1.165) is 16.3 Å². The molecule has 0 aliphatic rings. The Labute approximate surface area is 84.4 Å². The second-order valence-corrected chi connectivity index (χ2v) is 3.56. The number of hydrogen-bond acceptors (Lipinski definition) is 4. The van der Waals surface area contributed by atoms with Gasteiger partial charge in [-0.15, -0.1) is 28.0 Å². The van der Waals surface area contributed by atoms with Gasteiger partial charge in [-0.1, -0.05) is 0 Å². The first-order valence-corrected chi connectivity index (χ1v) is 5.09. The summed E-state index contributed by atoms with van der Waals surface area (Å²) in [5.41, 5.74) is 3.40. The third-order valence-electron chi connectivity index (χ3n) is 1.54. The van der Waals surface area contributed by atoms with Crippen molar-refractivity contribution < 1.29 is 0 Å². The van der Waals surface area contributed by atoms with Crippen molar-refractivity contribution in [2.75, 3.05) is 0 Å². The molecule has 0 aliphatic heterocycles. The van der Waals surface area contributed by atoms with Crippen molar-refractivity contribution in [2.24, 2.45) is 0 Å². The molecule has 0 amide bonds. The van der Waals surface area contributed by atoms with Gasteiger partial charge in [0.25, 0.3) is 0 Å². The summed E-state index contributed by atoms with van der Waals surface area (Å²) in [5.74, 6) is 0.399. The lowest BCUT2D eigenvalue weighted by Gasteiger charge is -1.95. The maximum Gasteiger partial charge on any atom is 0.105 e. The summed E-state index contributed by atoms with van der Waals surface area (Å²) in [6.07, 6.45) is 1.77. The molecule has 0 N–H and O–H groups in total. The van der Waals surface area contributed by atoms with Gasteiger partial charge in [0.15, 0.2) is 0 Å². The zero-order valence-corrected chi connectivity index (χ0v) is 8.22. The summed E-state index contributed by atoms with van der Waals surface area (Å²) < 4.78 is 0. The van der Waals surface area contributed by atoms with Crippen LogP contribution in [0.5, 0.6) is 0 Å². The number of alkyl halides is 1. The number of thiazole rings is 1. The van der Waals surface area contributed by atoms with Crippen LogP contribution in [0.2, 0.25) is 0 Å². The van der Waals surface area contributed by atoms with Crippen molar-refractivity contribution in [1.29, 1.82) is 0 Å². The Morgan fingerprint density at radius 1 is 1.31 bits per heavy atom. The third kappa shape index (κ3) is 1.84. The largest absolute Gasteiger partial charge is 0.252 e. The van der Waals surface area contributed by atoms with Crippen molar-refractivity contribution in [1.82, 2.24) is 15.2 Å². The van der Waals surface area contributed by atoms with E-state index in [-0.39, 0.29) is 0 Å². The van der Waals surface area contributed by atoms with Crippen LogP contribution in [0, 0.1) is 0 Å². The molecule has 66 valence electrons. The molecule has 2 heterocycles. The van der Waals surface area contributed by atoms with Crippen LogP contribution < -0.4 is 0 Å². The van der Waals surface area contributed by atoms with Crippen molar-refractivity contribution >= 4 is 22.9 Å². The summed E-state index contributed by atoms with van der Waals surface area (Å²) in [4.78, 5) is 4.99. The van der Waals surface area contributed by atoms with E-state index in [1.54, 1.807) is 23.0 Å². The predicted molar refractivity (Wildman–Crippen MR) is 52.7 cm³/mol. The molecule has 0 aliphatic carbocycles. The highest BCUT2D eigenvalue weighted by molar-refractivity contribution is 7.13.